The Labute approximate surface area is 172 Å². The average molecular weight is 469 g/mol. The van der Waals surface area contributed by atoms with Crippen LogP contribution in [-0.2, 0) is 13.0 Å². The number of hydrogen-bond donors (Lipinski definition) is 3. The summed E-state index contributed by atoms with van der Waals surface area (Å²) in [6, 6.07) is 17.8. The van der Waals surface area contributed by atoms with Gasteiger partial charge in [0.15, 0.2) is 5.96 Å². The fourth-order valence-corrected chi connectivity index (χ4v) is 2.42. The lowest BCUT2D eigenvalue weighted by molar-refractivity contribution is 0.177. The highest BCUT2D eigenvalue weighted by Crippen LogP contribution is 2.11. The summed E-state index contributed by atoms with van der Waals surface area (Å²) in [5.74, 6) is 1.53. The molecular formula is C20H28IN3O2. The van der Waals surface area contributed by atoms with Crippen molar-refractivity contribution in [2.45, 2.75) is 26.0 Å². The van der Waals surface area contributed by atoms with Crippen molar-refractivity contribution in [2.75, 3.05) is 20.2 Å². The molecule has 2 aromatic carbocycles. The zero-order chi connectivity index (χ0) is 17.9. The summed E-state index contributed by atoms with van der Waals surface area (Å²) in [5.41, 5.74) is 2.22. The molecule has 26 heavy (non-hydrogen) atoms. The van der Waals surface area contributed by atoms with E-state index in [0.29, 0.717) is 25.5 Å². The molecule has 2 aromatic rings. The Kier molecular flexibility index (Phi) is 10.7. The molecule has 0 heterocycles. The molecule has 1 unspecified atom stereocenters. The van der Waals surface area contributed by atoms with Crippen LogP contribution in [0.25, 0.3) is 0 Å². The molecule has 0 amide bonds. The molecule has 0 aliphatic rings. The van der Waals surface area contributed by atoms with Crippen molar-refractivity contribution in [2.24, 2.45) is 4.99 Å². The Balaban J connectivity index is 0.00000338. The van der Waals surface area contributed by atoms with E-state index < -0.39 is 6.10 Å². The van der Waals surface area contributed by atoms with E-state index in [1.165, 1.54) is 0 Å². The highest BCUT2D eigenvalue weighted by Gasteiger charge is 2.07. The van der Waals surface area contributed by atoms with E-state index in [4.69, 9.17) is 4.74 Å². The third-order valence-corrected chi connectivity index (χ3v) is 3.74. The first-order chi connectivity index (χ1) is 12.2. The Morgan fingerprint density at radius 2 is 1.73 bits per heavy atom. The molecule has 0 aliphatic heterocycles. The topological polar surface area (TPSA) is 65.9 Å². The van der Waals surface area contributed by atoms with Crippen LogP contribution >= 0.6 is 24.0 Å². The van der Waals surface area contributed by atoms with Gasteiger partial charge >= 0.3 is 0 Å². The van der Waals surface area contributed by atoms with Gasteiger partial charge in [-0.1, -0.05) is 42.5 Å². The van der Waals surface area contributed by atoms with E-state index >= 15 is 0 Å². The SMILES string of the molecule is CCNC(=NCc1ccc(OC)cc1)NCC(O)Cc1ccccc1.I. The minimum Gasteiger partial charge on any atom is -0.497 e. The fraction of sp³-hybridized carbons (Fsp3) is 0.350. The zero-order valence-electron chi connectivity index (χ0n) is 15.3. The van der Waals surface area contributed by atoms with Gasteiger partial charge < -0.3 is 20.5 Å². The second kappa shape index (κ2) is 12.5. The highest BCUT2D eigenvalue weighted by atomic mass is 127. The van der Waals surface area contributed by atoms with E-state index in [1.807, 2.05) is 61.5 Å². The molecule has 6 heteroatoms. The van der Waals surface area contributed by atoms with Gasteiger partial charge in [0.25, 0.3) is 0 Å². The number of aliphatic imine (C=N–C) groups is 1. The third-order valence-electron chi connectivity index (χ3n) is 3.74. The lowest BCUT2D eigenvalue weighted by Crippen LogP contribution is -2.41. The van der Waals surface area contributed by atoms with Crippen molar-refractivity contribution in [1.82, 2.24) is 10.6 Å². The second-order valence-electron chi connectivity index (χ2n) is 5.77. The number of ether oxygens (including phenoxy) is 1. The van der Waals surface area contributed by atoms with Crippen molar-refractivity contribution in [3.63, 3.8) is 0 Å². The fourth-order valence-electron chi connectivity index (χ4n) is 2.42. The quantitative estimate of drug-likeness (QED) is 0.316. The molecule has 0 spiro atoms. The Morgan fingerprint density at radius 3 is 2.35 bits per heavy atom. The molecule has 2 rings (SSSR count). The molecule has 5 nitrogen and oxygen atoms in total. The van der Waals surface area contributed by atoms with Gasteiger partial charge in [0.2, 0.25) is 0 Å². The lowest BCUT2D eigenvalue weighted by Gasteiger charge is -2.15. The van der Waals surface area contributed by atoms with E-state index in [0.717, 1.165) is 23.4 Å². The first-order valence-corrected chi connectivity index (χ1v) is 8.58. The molecular weight excluding hydrogens is 441 g/mol. The Morgan fingerprint density at radius 1 is 1.04 bits per heavy atom. The van der Waals surface area contributed by atoms with Crippen LogP contribution in [0, 0.1) is 0 Å². The van der Waals surface area contributed by atoms with Crippen LogP contribution < -0.4 is 15.4 Å². The second-order valence-corrected chi connectivity index (χ2v) is 5.77. The summed E-state index contributed by atoms with van der Waals surface area (Å²) >= 11 is 0. The maximum Gasteiger partial charge on any atom is 0.191 e. The maximum atomic E-state index is 10.2. The van der Waals surface area contributed by atoms with Crippen LogP contribution in [0.3, 0.4) is 0 Å². The predicted molar refractivity (Wildman–Crippen MR) is 117 cm³/mol. The van der Waals surface area contributed by atoms with Crippen LogP contribution in [0.1, 0.15) is 18.1 Å². The van der Waals surface area contributed by atoms with Crippen molar-refractivity contribution < 1.29 is 9.84 Å². The van der Waals surface area contributed by atoms with E-state index in [-0.39, 0.29) is 24.0 Å². The van der Waals surface area contributed by atoms with Crippen LogP contribution in [0.4, 0.5) is 0 Å². The molecule has 142 valence electrons. The smallest absolute Gasteiger partial charge is 0.191 e. The summed E-state index contributed by atoms with van der Waals surface area (Å²) in [4.78, 5) is 4.56. The molecule has 0 radical (unpaired) electrons. The molecule has 0 fully saturated rings. The van der Waals surface area contributed by atoms with Crippen molar-refractivity contribution in [3.05, 3.63) is 65.7 Å². The Bertz CT molecular complexity index is 648. The first-order valence-electron chi connectivity index (χ1n) is 8.58. The zero-order valence-corrected chi connectivity index (χ0v) is 17.6. The number of hydrogen-bond acceptors (Lipinski definition) is 3. The Hall–Kier alpha value is -1.80. The van der Waals surface area contributed by atoms with Crippen LogP contribution in [0.2, 0.25) is 0 Å². The van der Waals surface area contributed by atoms with Gasteiger partial charge in [-0.2, -0.15) is 0 Å². The van der Waals surface area contributed by atoms with Gasteiger partial charge in [-0.05, 0) is 30.2 Å². The van der Waals surface area contributed by atoms with E-state index in [1.54, 1.807) is 7.11 Å². The number of rotatable bonds is 8. The number of benzene rings is 2. The number of aliphatic hydroxyl groups excluding tert-OH is 1. The van der Waals surface area contributed by atoms with Crippen LogP contribution in [0.15, 0.2) is 59.6 Å². The molecule has 0 bridgehead atoms. The number of nitrogens with one attached hydrogen (secondary N) is 2. The number of aliphatic hydroxyl groups is 1. The van der Waals surface area contributed by atoms with Crippen molar-refractivity contribution >= 4 is 29.9 Å². The minimum atomic E-state index is -0.466. The number of guanidine groups is 1. The molecule has 0 aliphatic carbocycles. The number of nitrogens with zero attached hydrogens (tertiary/aromatic N) is 1. The van der Waals surface area contributed by atoms with Gasteiger partial charge in [0.05, 0.1) is 19.8 Å². The van der Waals surface area contributed by atoms with Gasteiger partial charge in [-0.25, -0.2) is 4.99 Å². The lowest BCUT2D eigenvalue weighted by atomic mass is 10.1. The summed E-state index contributed by atoms with van der Waals surface area (Å²) < 4.78 is 5.16. The van der Waals surface area contributed by atoms with Crippen LogP contribution in [0.5, 0.6) is 5.75 Å². The normalized spacial score (nSPS) is 12.0. The first kappa shape index (κ1) is 22.2. The van der Waals surface area contributed by atoms with Gasteiger partial charge in [-0.15, -0.1) is 24.0 Å². The van der Waals surface area contributed by atoms with Crippen molar-refractivity contribution in [1.29, 1.82) is 0 Å². The van der Waals surface area contributed by atoms with Crippen LogP contribution in [-0.4, -0.2) is 37.4 Å². The maximum absolute atomic E-state index is 10.2. The monoisotopic (exact) mass is 469 g/mol. The molecule has 1 atom stereocenters. The van der Waals surface area contributed by atoms with Gasteiger partial charge in [0.1, 0.15) is 5.75 Å². The molecule has 0 saturated heterocycles. The van der Waals surface area contributed by atoms with Gasteiger partial charge in [-0.3, -0.25) is 0 Å². The summed E-state index contributed by atoms with van der Waals surface area (Å²) in [5, 5.41) is 16.6. The summed E-state index contributed by atoms with van der Waals surface area (Å²) in [7, 11) is 1.65. The largest absolute Gasteiger partial charge is 0.497 e. The van der Waals surface area contributed by atoms with E-state index in [2.05, 4.69) is 15.6 Å². The molecule has 0 saturated carbocycles. The van der Waals surface area contributed by atoms with Gasteiger partial charge in [0, 0.05) is 19.5 Å². The third kappa shape index (κ3) is 8.05. The predicted octanol–water partition coefficient (Wildman–Crippen LogP) is 2.97. The number of methoxy groups -OCH3 is 1. The standard InChI is InChI=1S/C20H27N3O2.HI/c1-3-21-20(22-14-17-9-11-19(25-2)12-10-17)23-15-18(24)13-16-7-5-4-6-8-16;/h4-12,18,24H,3,13-15H2,1-2H3,(H2,21,22,23);1H. The van der Waals surface area contributed by atoms with Crippen molar-refractivity contribution in [3.8, 4) is 5.75 Å². The van der Waals surface area contributed by atoms with E-state index in [9.17, 15) is 5.11 Å². The summed E-state index contributed by atoms with van der Waals surface area (Å²) in [6.45, 7) is 3.80. The minimum absolute atomic E-state index is 0. The molecule has 0 aromatic heterocycles. The number of halogens is 1. The average Bonchev–Trinajstić information content (AvgIpc) is 2.65. The highest BCUT2D eigenvalue weighted by molar-refractivity contribution is 14.0. The summed E-state index contributed by atoms with van der Waals surface area (Å²) in [6.07, 6.45) is 0.151. The molecule has 3 N–H and O–H groups in total.